The summed E-state index contributed by atoms with van der Waals surface area (Å²) >= 11 is 0. The van der Waals surface area contributed by atoms with Gasteiger partial charge >= 0.3 is 0 Å². The largest absolute Gasteiger partial charge is 0.379 e. The second-order valence-electron chi connectivity index (χ2n) is 5.56. The van der Waals surface area contributed by atoms with Gasteiger partial charge < -0.3 is 10.5 Å². The van der Waals surface area contributed by atoms with Crippen molar-refractivity contribution in [1.82, 2.24) is 4.90 Å². The third-order valence-electron chi connectivity index (χ3n) is 4.23. The maximum Gasteiger partial charge on any atom is 0.238 e. The van der Waals surface area contributed by atoms with Crippen LogP contribution in [-0.4, -0.2) is 42.6 Å². The average molecular weight is 298 g/mol. The molecule has 1 aromatic carbocycles. The Morgan fingerprint density at radius 1 is 1.38 bits per heavy atom. The Bertz CT molecular complexity index is 545. The Kier molecular flexibility index (Phi) is 4.58. The highest BCUT2D eigenvalue weighted by Crippen LogP contribution is 2.25. The summed E-state index contributed by atoms with van der Waals surface area (Å²) in [6.45, 7) is 5.47. The highest BCUT2D eigenvalue weighted by atomic mass is 19.2. The van der Waals surface area contributed by atoms with E-state index in [0.717, 1.165) is 6.07 Å². The number of nitrogens with zero attached hydrogens (tertiary/aromatic N) is 1. The number of benzene rings is 1. The van der Waals surface area contributed by atoms with Crippen LogP contribution in [0.2, 0.25) is 0 Å². The Balaban J connectivity index is 2.32. The van der Waals surface area contributed by atoms with E-state index in [9.17, 15) is 13.6 Å². The number of primary amides is 1. The summed E-state index contributed by atoms with van der Waals surface area (Å²) in [5, 5.41) is 0. The fourth-order valence-electron chi connectivity index (χ4n) is 2.67. The van der Waals surface area contributed by atoms with Gasteiger partial charge in [-0.2, -0.15) is 0 Å². The van der Waals surface area contributed by atoms with Gasteiger partial charge in [-0.1, -0.05) is 6.07 Å². The van der Waals surface area contributed by atoms with E-state index >= 15 is 0 Å². The number of nitrogens with two attached hydrogens (primary N) is 1. The summed E-state index contributed by atoms with van der Waals surface area (Å²) in [6, 6.07) is 2.59. The molecule has 116 valence electrons. The van der Waals surface area contributed by atoms with Crippen molar-refractivity contribution in [1.29, 1.82) is 0 Å². The van der Waals surface area contributed by atoms with Gasteiger partial charge in [0.05, 0.1) is 13.2 Å². The third kappa shape index (κ3) is 3.06. The molecule has 0 bridgehead atoms. The molecule has 4 nitrogen and oxygen atoms in total. The highest BCUT2D eigenvalue weighted by Gasteiger charge is 2.39. The van der Waals surface area contributed by atoms with Gasteiger partial charge in [-0.3, -0.25) is 9.69 Å². The first kappa shape index (κ1) is 15.9. The Morgan fingerprint density at radius 3 is 2.57 bits per heavy atom. The SMILES string of the molecule is Cc1c(CC(C)(C(N)=O)N2CCOCC2)ccc(F)c1F. The molecular formula is C15H20F2N2O2. The topological polar surface area (TPSA) is 55.6 Å². The molecular weight excluding hydrogens is 278 g/mol. The molecule has 0 aliphatic carbocycles. The van der Waals surface area contributed by atoms with Crippen LogP contribution in [0.4, 0.5) is 8.78 Å². The Labute approximate surface area is 122 Å². The number of ether oxygens (including phenoxy) is 1. The summed E-state index contributed by atoms with van der Waals surface area (Å²) < 4.78 is 32.2. The van der Waals surface area contributed by atoms with Crippen molar-refractivity contribution in [2.75, 3.05) is 26.3 Å². The average Bonchev–Trinajstić information content (AvgIpc) is 2.48. The lowest BCUT2D eigenvalue weighted by molar-refractivity contribution is -0.132. The normalized spacial score (nSPS) is 19.2. The number of morpholine rings is 1. The molecule has 1 aromatic rings. The molecule has 2 N–H and O–H groups in total. The van der Waals surface area contributed by atoms with Crippen molar-refractivity contribution in [2.24, 2.45) is 5.73 Å². The molecule has 0 radical (unpaired) electrons. The van der Waals surface area contributed by atoms with E-state index in [4.69, 9.17) is 10.5 Å². The lowest BCUT2D eigenvalue weighted by atomic mass is 9.87. The number of rotatable bonds is 4. The molecule has 1 heterocycles. The molecule has 1 aliphatic heterocycles. The van der Waals surface area contributed by atoms with E-state index < -0.39 is 23.1 Å². The molecule has 1 fully saturated rings. The van der Waals surface area contributed by atoms with Crippen molar-refractivity contribution < 1.29 is 18.3 Å². The van der Waals surface area contributed by atoms with Crippen LogP contribution in [0.3, 0.4) is 0 Å². The van der Waals surface area contributed by atoms with Crippen molar-refractivity contribution in [3.05, 3.63) is 34.9 Å². The van der Waals surface area contributed by atoms with Crippen LogP contribution in [0.5, 0.6) is 0 Å². The van der Waals surface area contributed by atoms with Crippen LogP contribution in [0.1, 0.15) is 18.1 Å². The zero-order valence-electron chi connectivity index (χ0n) is 12.3. The molecule has 6 heteroatoms. The second kappa shape index (κ2) is 6.07. The summed E-state index contributed by atoms with van der Waals surface area (Å²) in [7, 11) is 0. The standard InChI is InChI=1S/C15H20F2N2O2/c1-10-11(3-4-12(16)13(10)17)9-15(2,14(18)20)19-5-7-21-8-6-19/h3-4H,5-9H2,1-2H3,(H2,18,20). The van der Waals surface area contributed by atoms with Gasteiger partial charge in [0.25, 0.3) is 0 Å². The molecule has 0 saturated carbocycles. The molecule has 1 unspecified atom stereocenters. The fraction of sp³-hybridized carbons (Fsp3) is 0.533. The summed E-state index contributed by atoms with van der Waals surface area (Å²) in [5.41, 5.74) is 5.44. The van der Waals surface area contributed by atoms with Crippen LogP contribution in [-0.2, 0) is 16.0 Å². The smallest absolute Gasteiger partial charge is 0.238 e. The predicted octanol–water partition coefficient (Wildman–Crippen LogP) is 1.39. The predicted molar refractivity (Wildman–Crippen MR) is 74.8 cm³/mol. The van der Waals surface area contributed by atoms with Gasteiger partial charge in [-0.25, -0.2) is 8.78 Å². The van der Waals surface area contributed by atoms with Crippen molar-refractivity contribution >= 4 is 5.91 Å². The lowest BCUT2D eigenvalue weighted by Crippen LogP contribution is -2.60. The number of hydrogen-bond acceptors (Lipinski definition) is 3. The number of amides is 1. The number of hydrogen-bond donors (Lipinski definition) is 1. The molecule has 1 saturated heterocycles. The van der Waals surface area contributed by atoms with Crippen LogP contribution in [0.25, 0.3) is 0 Å². The highest BCUT2D eigenvalue weighted by molar-refractivity contribution is 5.84. The van der Waals surface area contributed by atoms with E-state index in [2.05, 4.69) is 0 Å². The van der Waals surface area contributed by atoms with Crippen molar-refractivity contribution in [2.45, 2.75) is 25.8 Å². The molecule has 1 amide bonds. The second-order valence-corrected chi connectivity index (χ2v) is 5.56. The van der Waals surface area contributed by atoms with Gasteiger partial charge in [-0.15, -0.1) is 0 Å². The zero-order valence-corrected chi connectivity index (χ0v) is 12.3. The monoisotopic (exact) mass is 298 g/mol. The van der Waals surface area contributed by atoms with Gasteiger partial charge in [0.2, 0.25) is 5.91 Å². The maximum absolute atomic E-state index is 13.7. The minimum atomic E-state index is -0.946. The summed E-state index contributed by atoms with van der Waals surface area (Å²) in [5.74, 6) is -2.24. The molecule has 0 aromatic heterocycles. The zero-order chi connectivity index (χ0) is 15.6. The molecule has 21 heavy (non-hydrogen) atoms. The van der Waals surface area contributed by atoms with Crippen LogP contribution in [0, 0.1) is 18.6 Å². The van der Waals surface area contributed by atoms with E-state index in [1.165, 1.54) is 13.0 Å². The van der Waals surface area contributed by atoms with Crippen molar-refractivity contribution in [3.8, 4) is 0 Å². The minimum Gasteiger partial charge on any atom is -0.379 e. The fourth-order valence-corrected chi connectivity index (χ4v) is 2.67. The lowest BCUT2D eigenvalue weighted by Gasteiger charge is -2.41. The summed E-state index contributed by atoms with van der Waals surface area (Å²) in [6.07, 6.45) is 0.241. The molecule has 1 atom stereocenters. The van der Waals surface area contributed by atoms with Gasteiger partial charge in [0.15, 0.2) is 11.6 Å². The van der Waals surface area contributed by atoms with Crippen LogP contribution in [0.15, 0.2) is 12.1 Å². The van der Waals surface area contributed by atoms with Gasteiger partial charge in [-0.05, 0) is 37.5 Å². The van der Waals surface area contributed by atoms with Gasteiger partial charge in [0, 0.05) is 13.1 Å². The van der Waals surface area contributed by atoms with E-state index in [1.54, 1.807) is 6.92 Å². The number of halogens is 2. The Morgan fingerprint density at radius 2 is 2.00 bits per heavy atom. The first-order chi connectivity index (χ1) is 9.86. The van der Waals surface area contributed by atoms with Crippen molar-refractivity contribution in [3.63, 3.8) is 0 Å². The van der Waals surface area contributed by atoms with E-state index in [1.807, 2.05) is 4.90 Å². The number of carbonyl (C=O) groups excluding carboxylic acids is 1. The quantitative estimate of drug-likeness (QED) is 0.914. The first-order valence-corrected chi connectivity index (χ1v) is 6.92. The molecule has 1 aliphatic rings. The van der Waals surface area contributed by atoms with Crippen LogP contribution >= 0.6 is 0 Å². The summed E-state index contributed by atoms with van der Waals surface area (Å²) in [4.78, 5) is 13.9. The number of carbonyl (C=O) groups is 1. The van der Waals surface area contributed by atoms with Crippen LogP contribution < -0.4 is 5.73 Å². The van der Waals surface area contributed by atoms with Gasteiger partial charge in [0.1, 0.15) is 5.54 Å². The van der Waals surface area contributed by atoms with E-state index in [-0.39, 0.29) is 12.0 Å². The molecule has 2 rings (SSSR count). The maximum atomic E-state index is 13.7. The third-order valence-corrected chi connectivity index (χ3v) is 4.23. The Hall–Kier alpha value is -1.53. The van der Waals surface area contributed by atoms with E-state index in [0.29, 0.717) is 31.9 Å². The first-order valence-electron chi connectivity index (χ1n) is 6.92. The minimum absolute atomic E-state index is 0.218. The molecule has 0 spiro atoms.